The molecule has 0 radical (unpaired) electrons. The minimum atomic E-state index is -0.156. The van der Waals surface area contributed by atoms with Crippen LogP contribution in [-0.2, 0) is 11.3 Å². The van der Waals surface area contributed by atoms with Gasteiger partial charge in [-0.3, -0.25) is 9.59 Å². The van der Waals surface area contributed by atoms with E-state index in [2.05, 4.69) is 10.6 Å². The average Bonchev–Trinajstić information content (AvgIpc) is 3.63. The highest BCUT2D eigenvalue weighted by Gasteiger charge is 2.24. The minimum Gasteiger partial charge on any atom is -0.497 e. The van der Waals surface area contributed by atoms with Crippen LogP contribution in [0, 0.1) is 0 Å². The quantitative estimate of drug-likeness (QED) is 0.534. The van der Waals surface area contributed by atoms with Gasteiger partial charge in [0, 0.05) is 29.5 Å². The number of carbonyl (C=O) groups is 2. The predicted octanol–water partition coefficient (Wildman–Crippen LogP) is 4.23. The number of hydrogen-bond donors (Lipinski definition) is 2. The number of rotatable bonds is 9. The molecule has 2 N–H and O–H groups in total. The normalized spacial score (nSPS) is 12.7. The van der Waals surface area contributed by atoms with Gasteiger partial charge in [0.15, 0.2) is 0 Å². The molecule has 1 aliphatic rings. The number of carbonyl (C=O) groups excluding carboxylic acids is 2. The van der Waals surface area contributed by atoms with Crippen molar-refractivity contribution < 1.29 is 14.3 Å². The summed E-state index contributed by atoms with van der Waals surface area (Å²) in [6, 6.07) is 25.0. The average molecular weight is 430 g/mol. The molecule has 1 saturated carbocycles. The summed E-state index contributed by atoms with van der Waals surface area (Å²) in [5, 5.41) is 5.90. The van der Waals surface area contributed by atoms with Crippen molar-refractivity contribution in [2.24, 2.45) is 0 Å². The molecule has 3 aromatic rings. The highest BCUT2D eigenvalue weighted by molar-refractivity contribution is 5.98. The molecule has 0 atom stereocenters. The Morgan fingerprint density at radius 1 is 0.969 bits per heavy atom. The van der Waals surface area contributed by atoms with Gasteiger partial charge in [0.25, 0.3) is 5.91 Å². The van der Waals surface area contributed by atoms with Gasteiger partial charge in [-0.1, -0.05) is 36.4 Å². The van der Waals surface area contributed by atoms with Crippen molar-refractivity contribution >= 4 is 23.2 Å². The smallest absolute Gasteiger partial charge is 0.251 e. The third-order valence-corrected chi connectivity index (χ3v) is 5.31. The summed E-state index contributed by atoms with van der Waals surface area (Å²) in [7, 11) is 1.63. The Labute approximate surface area is 188 Å². The van der Waals surface area contributed by atoms with Gasteiger partial charge in [0.2, 0.25) is 5.91 Å². The first-order chi connectivity index (χ1) is 15.6. The van der Waals surface area contributed by atoms with Crippen LogP contribution in [0.2, 0.25) is 0 Å². The zero-order chi connectivity index (χ0) is 22.3. The molecule has 3 aromatic carbocycles. The molecule has 4 rings (SSSR count). The van der Waals surface area contributed by atoms with Crippen LogP contribution < -0.4 is 20.3 Å². The van der Waals surface area contributed by atoms with Gasteiger partial charge in [-0.25, -0.2) is 0 Å². The predicted molar refractivity (Wildman–Crippen MR) is 126 cm³/mol. The van der Waals surface area contributed by atoms with E-state index in [0.717, 1.165) is 29.8 Å². The van der Waals surface area contributed by atoms with Crippen molar-refractivity contribution in [3.63, 3.8) is 0 Å². The SMILES string of the molecule is COc1ccc(N(CC(=O)Nc2cccc(C(=O)NC3CC3)c2)Cc2ccccc2)cc1. The first kappa shape index (κ1) is 21.4. The standard InChI is InChI=1S/C26H27N3O3/c1-32-24-14-12-23(13-15-24)29(17-19-6-3-2-4-7-19)18-25(30)27-22-9-5-8-20(16-22)26(31)28-21-10-11-21/h2-9,12-16,21H,10-11,17-18H2,1H3,(H,27,30)(H,28,31). The third-order valence-electron chi connectivity index (χ3n) is 5.31. The van der Waals surface area contributed by atoms with Crippen molar-refractivity contribution in [3.8, 4) is 5.75 Å². The molecule has 6 nitrogen and oxygen atoms in total. The Morgan fingerprint density at radius 2 is 1.72 bits per heavy atom. The summed E-state index contributed by atoms with van der Waals surface area (Å²) in [5.74, 6) is 0.503. The largest absolute Gasteiger partial charge is 0.497 e. The van der Waals surface area contributed by atoms with E-state index in [0.29, 0.717) is 17.8 Å². The molecule has 32 heavy (non-hydrogen) atoms. The van der Waals surface area contributed by atoms with Crippen LogP contribution in [0.5, 0.6) is 5.75 Å². The van der Waals surface area contributed by atoms with Gasteiger partial charge in [0.05, 0.1) is 13.7 Å². The third kappa shape index (κ3) is 5.88. The number of methoxy groups -OCH3 is 1. The van der Waals surface area contributed by atoms with Crippen LogP contribution in [0.3, 0.4) is 0 Å². The van der Waals surface area contributed by atoms with Gasteiger partial charge in [-0.2, -0.15) is 0 Å². The van der Waals surface area contributed by atoms with E-state index < -0.39 is 0 Å². The Morgan fingerprint density at radius 3 is 2.41 bits per heavy atom. The number of hydrogen-bond acceptors (Lipinski definition) is 4. The lowest BCUT2D eigenvalue weighted by atomic mass is 10.1. The molecular weight excluding hydrogens is 402 g/mol. The molecule has 2 amide bonds. The lowest BCUT2D eigenvalue weighted by Crippen LogP contribution is -2.33. The molecular formula is C26H27N3O3. The Hall–Kier alpha value is -3.80. The monoisotopic (exact) mass is 429 g/mol. The molecule has 0 saturated heterocycles. The van der Waals surface area contributed by atoms with Crippen LogP contribution in [0.4, 0.5) is 11.4 Å². The van der Waals surface area contributed by atoms with Crippen LogP contribution in [0.25, 0.3) is 0 Å². The van der Waals surface area contributed by atoms with E-state index in [1.807, 2.05) is 59.5 Å². The highest BCUT2D eigenvalue weighted by atomic mass is 16.5. The maximum absolute atomic E-state index is 12.9. The fourth-order valence-electron chi connectivity index (χ4n) is 3.44. The Kier molecular flexibility index (Phi) is 6.70. The summed E-state index contributed by atoms with van der Waals surface area (Å²) < 4.78 is 5.26. The molecule has 1 aliphatic carbocycles. The topological polar surface area (TPSA) is 70.7 Å². The molecule has 0 spiro atoms. The fourth-order valence-corrected chi connectivity index (χ4v) is 3.44. The van der Waals surface area contributed by atoms with E-state index in [-0.39, 0.29) is 24.4 Å². The lowest BCUT2D eigenvalue weighted by molar-refractivity contribution is -0.115. The Bertz CT molecular complexity index is 1060. The second kappa shape index (κ2) is 10.0. The highest BCUT2D eigenvalue weighted by Crippen LogP contribution is 2.22. The van der Waals surface area contributed by atoms with Crippen molar-refractivity contribution in [2.45, 2.75) is 25.4 Å². The molecule has 0 aliphatic heterocycles. The summed E-state index contributed by atoms with van der Waals surface area (Å²) in [4.78, 5) is 27.2. The number of nitrogens with one attached hydrogen (secondary N) is 2. The molecule has 0 aromatic heterocycles. The molecule has 164 valence electrons. The zero-order valence-electron chi connectivity index (χ0n) is 18.1. The molecule has 0 heterocycles. The lowest BCUT2D eigenvalue weighted by Gasteiger charge is -2.25. The van der Waals surface area contributed by atoms with Crippen molar-refractivity contribution in [2.75, 3.05) is 23.9 Å². The molecule has 0 bridgehead atoms. The number of amides is 2. The van der Waals surface area contributed by atoms with Gasteiger partial charge < -0.3 is 20.3 Å². The van der Waals surface area contributed by atoms with E-state index in [1.165, 1.54) is 0 Å². The number of benzene rings is 3. The molecule has 6 heteroatoms. The van der Waals surface area contributed by atoms with E-state index in [9.17, 15) is 9.59 Å². The van der Waals surface area contributed by atoms with E-state index >= 15 is 0 Å². The van der Waals surface area contributed by atoms with Crippen molar-refractivity contribution in [1.29, 1.82) is 0 Å². The number of ether oxygens (including phenoxy) is 1. The minimum absolute atomic E-state index is 0.104. The van der Waals surface area contributed by atoms with E-state index in [1.54, 1.807) is 31.4 Å². The maximum atomic E-state index is 12.9. The second-order valence-corrected chi connectivity index (χ2v) is 7.92. The number of nitrogens with zero attached hydrogens (tertiary/aromatic N) is 1. The first-order valence-corrected chi connectivity index (χ1v) is 10.7. The molecule has 0 unspecified atom stereocenters. The zero-order valence-corrected chi connectivity index (χ0v) is 18.1. The van der Waals surface area contributed by atoms with Gasteiger partial charge in [-0.05, 0) is 60.9 Å². The Balaban J connectivity index is 1.46. The first-order valence-electron chi connectivity index (χ1n) is 10.7. The van der Waals surface area contributed by atoms with Gasteiger partial charge in [-0.15, -0.1) is 0 Å². The second-order valence-electron chi connectivity index (χ2n) is 7.92. The summed E-state index contributed by atoms with van der Waals surface area (Å²) >= 11 is 0. The van der Waals surface area contributed by atoms with Crippen LogP contribution >= 0.6 is 0 Å². The summed E-state index contributed by atoms with van der Waals surface area (Å²) in [6.07, 6.45) is 2.07. The van der Waals surface area contributed by atoms with Crippen LogP contribution in [0.1, 0.15) is 28.8 Å². The number of anilines is 2. The molecule has 1 fully saturated rings. The summed E-state index contributed by atoms with van der Waals surface area (Å²) in [5.41, 5.74) is 3.18. The van der Waals surface area contributed by atoms with Crippen LogP contribution in [0.15, 0.2) is 78.9 Å². The van der Waals surface area contributed by atoms with Crippen molar-refractivity contribution in [1.82, 2.24) is 5.32 Å². The van der Waals surface area contributed by atoms with Gasteiger partial charge >= 0.3 is 0 Å². The van der Waals surface area contributed by atoms with Gasteiger partial charge in [0.1, 0.15) is 5.75 Å². The van der Waals surface area contributed by atoms with Crippen LogP contribution in [-0.4, -0.2) is 31.5 Å². The van der Waals surface area contributed by atoms with Crippen molar-refractivity contribution in [3.05, 3.63) is 90.0 Å². The summed E-state index contributed by atoms with van der Waals surface area (Å²) in [6.45, 7) is 0.754. The van der Waals surface area contributed by atoms with E-state index in [4.69, 9.17) is 4.74 Å². The fraction of sp³-hybridized carbons (Fsp3) is 0.231. The maximum Gasteiger partial charge on any atom is 0.251 e.